The van der Waals surface area contributed by atoms with Gasteiger partial charge in [-0.05, 0) is 29.2 Å². The third-order valence-corrected chi connectivity index (χ3v) is 6.73. The number of nitrogens with two attached hydrogens (primary N) is 2. The number of nitrogens with one attached hydrogen (secondary N) is 2. The molecule has 7 heteroatoms. The molecule has 1 atom stereocenters. The van der Waals surface area contributed by atoms with Crippen LogP contribution >= 0.6 is 0 Å². The molecule has 7 N–H and O–H groups in total. The molecule has 0 unspecified atom stereocenters. The van der Waals surface area contributed by atoms with Gasteiger partial charge in [-0.3, -0.25) is 9.59 Å². The summed E-state index contributed by atoms with van der Waals surface area (Å²) < 4.78 is 0. The SMILES string of the molecule is NC(=O)CCC(=O)N[C@]1(CO)CC=C(NC(c2ccccc2)(c2ccccc2)c2ccccc2)C=C1N. The number of hydrogen-bond acceptors (Lipinski definition) is 5. The van der Waals surface area contributed by atoms with Crippen LogP contribution in [0, 0.1) is 0 Å². The molecule has 190 valence electrons. The van der Waals surface area contributed by atoms with Gasteiger partial charge in [0, 0.05) is 24.2 Å². The average Bonchev–Trinajstić information content (AvgIpc) is 2.93. The predicted molar refractivity (Wildman–Crippen MR) is 144 cm³/mol. The molecule has 2 amide bonds. The lowest BCUT2D eigenvalue weighted by molar-refractivity contribution is -0.126. The molecule has 0 fully saturated rings. The van der Waals surface area contributed by atoms with Gasteiger partial charge in [-0.1, -0.05) is 97.1 Å². The van der Waals surface area contributed by atoms with E-state index in [0.717, 1.165) is 22.4 Å². The molecule has 7 nitrogen and oxygen atoms in total. The summed E-state index contributed by atoms with van der Waals surface area (Å²) in [5.41, 5.74) is 13.9. The first-order valence-corrected chi connectivity index (χ1v) is 12.2. The Morgan fingerprint density at radius 3 is 1.73 bits per heavy atom. The van der Waals surface area contributed by atoms with Crippen LogP contribution in [-0.2, 0) is 15.1 Å². The molecule has 37 heavy (non-hydrogen) atoms. The molecule has 0 heterocycles. The molecule has 0 spiro atoms. The zero-order chi connectivity index (χ0) is 26.3. The zero-order valence-electron chi connectivity index (χ0n) is 20.6. The van der Waals surface area contributed by atoms with Crippen LogP contribution in [0.15, 0.2) is 115 Å². The van der Waals surface area contributed by atoms with Crippen LogP contribution in [0.3, 0.4) is 0 Å². The Hall–Kier alpha value is -4.36. The predicted octanol–water partition coefficient (Wildman–Crippen LogP) is 2.81. The van der Waals surface area contributed by atoms with E-state index in [4.69, 9.17) is 11.5 Å². The average molecular weight is 497 g/mol. The first-order valence-electron chi connectivity index (χ1n) is 12.2. The lowest BCUT2D eigenvalue weighted by Crippen LogP contribution is -2.56. The first-order chi connectivity index (χ1) is 17.9. The quantitative estimate of drug-likeness (QED) is 0.276. The highest BCUT2D eigenvalue weighted by Gasteiger charge is 2.40. The topological polar surface area (TPSA) is 130 Å². The normalized spacial score (nSPS) is 17.3. The van der Waals surface area contributed by atoms with Crippen LogP contribution in [-0.4, -0.2) is 29.1 Å². The van der Waals surface area contributed by atoms with Gasteiger partial charge < -0.3 is 27.2 Å². The Balaban J connectivity index is 1.74. The maximum absolute atomic E-state index is 12.4. The molecule has 0 saturated heterocycles. The molecule has 1 aliphatic carbocycles. The minimum Gasteiger partial charge on any atom is -0.400 e. The smallest absolute Gasteiger partial charge is 0.221 e. The van der Waals surface area contributed by atoms with E-state index in [2.05, 4.69) is 47.0 Å². The molecular weight excluding hydrogens is 464 g/mol. The standard InChI is InChI=1S/C30H32N4O3/c31-26-20-25(18-19-29(26,21-35)34-28(37)17-16-27(32)36)33-30(22-10-4-1-5-11-22,23-12-6-2-7-13-23)24-14-8-3-9-15-24/h1-15,18,20,33,35H,16-17,19,21,31H2,(H2,32,36)(H,34,37)/t29-/m0/s1. The fraction of sp³-hybridized carbons (Fsp3) is 0.200. The van der Waals surface area contributed by atoms with Gasteiger partial charge in [-0.15, -0.1) is 0 Å². The van der Waals surface area contributed by atoms with Crippen molar-refractivity contribution >= 4 is 11.8 Å². The summed E-state index contributed by atoms with van der Waals surface area (Å²) in [6.45, 7) is -0.386. The van der Waals surface area contributed by atoms with Gasteiger partial charge in [0.05, 0.1) is 6.61 Å². The van der Waals surface area contributed by atoms with Crippen molar-refractivity contribution < 1.29 is 14.7 Å². The van der Waals surface area contributed by atoms with E-state index >= 15 is 0 Å². The van der Waals surface area contributed by atoms with Crippen molar-refractivity contribution in [2.75, 3.05) is 6.61 Å². The van der Waals surface area contributed by atoms with Gasteiger partial charge in [-0.25, -0.2) is 0 Å². The molecule has 0 bridgehead atoms. The van der Waals surface area contributed by atoms with Crippen LogP contribution in [0.2, 0.25) is 0 Å². The number of hydrogen-bond donors (Lipinski definition) is 5. The number of primary amides is 1. The lowest BCUT2D eigenvalue weighted by Gasteiger charge is -2.41. The number of carbonyl (C=O) groups is 2. The summed E-state index contributed by atoms with van der Waals surface area (Å²) >= 11 is 0. The number of aliphatic hydroxyl groups is 1. The highest BCUT2D eigenvalue weighted by molar-refractivity contribution is 5.83. The summed E-state index contributed by atoms with van der Waals surface area (Å²) in [5, 5.41) is 16.8. The van der Waals surface area contributed by atoms with Crippen LogP contribution in [0.5, 0.6) is 0 Å². The summed E-state index contributed by atoms with van der Waals surface area (Å²) in [6, 6.07) is 30.5. The van der Waals surface area contributed by atoms with Crippen molar-refractivity contribution in [1.82, 2.24) is 10.6 Å². The maximum atomic E-state index is 12.4. The molecule has 0 aliphatic heterocycles. The van der Waals surface area contributed by atoms with Crippen molar-refractivity contribution in [2.24, 2.45) is 11.5 Å². The fourth-order valence-electron chi connectivity index (χ4n) is 4.74. The Morgan fingerprint density at radius 2 is 1.32 bits per heavy atom. The van der Waals surface area contributed by atoms with E-state index in [1.165, 1.54) is 0 Å². The van der Waals surface area contributed by atoms with Gasteiger partial charge >= 0.3 is 0 Å². The van der Waals surface area contributed by atoms with Crippen LogP contribution in [0.4, 0.5) is 0 Å². The Morgan fingerprint density at radius 1 is 0.838 bits per heavy atom. The minimum absolute atomic E-state index is 0.0711. The van der Waals surface area contributed by atoms with E-state index in [1.807, 2.05) is 60.7 Å². The van der Waals surface area contributed by atoms with Crippen molar-refractivity contribution in [2.45, 2.75) is 30.3 Å². The number of rotatable bonds is 10. The molecule has 3 aromatic carbocycles. The first kappa shape index (κ1) is 25.7. The summed E-state index contributed by atoms with van der Waals surface area (Å²) in [7, 11) is 0. The van der Waals surface area contributed by atoms with Gasteiger partial charge in [0.25, 0.3) is 0 Å². The van der Waals surface area contributed by atoms with Crippen LogP contribution in [0.1, 0.15) is 36.0 Å². The van der Waals surface area contributed by atoms with Gasteiger partial charge in [-0.2, -0.15) is 0 Å². The van der Waals surface area contributed by atoms with E-state index in [1.54, 1.807) is 6.08 Å². The van der Waals surface area contributed by atoms with E-state index in [0.29, 0.717) is 5.70 Å². The second-order valence-corrected chi connectivity index (χ2v) is 9.19. The molecular formula is C30H32N4O3. The van der Waals surface area contributed by atoms with E-state index < -0.39 is 22.9 Å². The lowest BCUT2D eigenvalue weighted by atomic mass is 9.76. The monoisotopic (exact) mass is 496 g/mol. The maximum Gasteiger partial charge on any atom is 0.221 e. The fourth-order valence-corrected chi connectivity index (χ4v) is 4.74. The molecule has 0 saturated carbocycles. The van der Waals surface area contributed by atoms with Crippen LogP contribution in [0.25, 0.3) is 0 Å². The third kappa shape index (κ3) is 5.42. The van der Waals surface area contributed by atoms with Crippen molar-refractivity contribution in [3.63, 3.8) is 0 Å². The molecule has 0 radical (unpaired) electrons. The number of aliphatic hydroxyl groups excluding tert-OH is 1. The van der Waals surface area contributed by atoms with Crippen molar-refractivity contribution in [3.8, 4) is 0 Å². The van der Waals surface area contributed by atoms with Crippen molar-refractivity contribution in [1.29, 1.82) is 0 Å². The molecule has 3 aromatic rings. The Bertz CT molecular complexity index is 1190. The largest absolute Gasteiger partial charge is 0.400 e. The minimum atomic E-state index is -1.16. The molecule has 4 rings (SSSR count). The third-order valence-electron chi connectivity index (χ3n) is 6.73. The number of allylic oxidation sites excluding steroid dienone is 1. The number of amides is 2. The van der Waals surface area contributed by atoms with Gasteiger partial charge in [0.1, 0.15) is 11.1 Å². The highest BCUT2D eigenvalue weighted by Crippen LogP contribution is 2.38. The summed E-state index contributed by atoms with van der Waals surface area (Å²) in [6.07, 6.45) is 3.79. The van der Waals surface area contributed by atoms with Crippen LogP contribution < -0.4 is 22.1 Å². The van der Waals surface area contributed by atoms with Crippen molar-refractivity contribution in [3.05, 3.63) is 131 Å². The Kier molecular flexibility index (Phi) is 7.74. The zero-order valence-corrected chi connectivity index (χ0v) is 20.6. The van der Waals surface area contributed by atoms with E-state index in [9.17, 15) is 14.7 Å². The highest BCUT2D eigenvalue weighted by atomic mass is 16.3. The molecule has 0 aromatic heterocycles. The van der Waals surface area contributed by atoms with E-state index in [-0.39, 0.29) is 25.9 Å². The molecule has 1 aliphatic rings. The Labute approximate surface area is 216 Å². The van der Waals surface area contributed by atoms with Gasteiger partial charge in [0.15, 0.2) is 0 Å². The number of benzene rings is 3. The summed E-state index contributed by atoms with van der Waals surface area (Å²) in [4.78, 5) is 23.5. The second-order valence-electron chi connectivity index (χ2n) is 9.19. The number of carbonyl (C=O) groups excluding carboxylic acids is 2. The van der Waals surface area contributed by atoms with Gasteiger partial charge in [0.2, 0.25) is 11.8 Å². The second kappa shape index (κ2) is 11.1. The summed E-state index contributed by atoms with van der Waals surface area (Å²) in [5.74, 6) is -0.966.